The topological polar surface area (TPSA) is 82.2 Å². The van der Waals surface area contributed by atoms with Crippen LogP contribution in [0.25, 0.3) is 21.6 Å². The Bertz CT molecular complexity index is 1290. The van der Waals surface area contributed by atoms with Gasteiger partial charge in [0, 0.05) is 22.8 Å². The summed E-state index contributed by atoms with van der Waals surface area (Å²) in [6, 6.07) is 13.9. The molecule has 0 bridgehead atoms. The Morgan fingerprint density at radius 1 is 1.03 bits per heavy atom. The molecule has 0 aliphatic carbocycles. The molecule has 7 nitrogen and oxygen atoms in total. The zero-order chi connectivity index (χ0) is 24.1. The van der Waals surface area contributed by atoms with Gasteiger partial charge in [-0.25, -0.2) is 14.8 Å². The minimum Gasteiger partial charge on any atom is -0.369 e. The van der Waals surface area contributed by atoms with Crippen molar-refractivity contribution >= 4 is 68.0 Å². The van der Waals surface area contributed by atoms with Crippen LogP contribution in [0.4, 0.5) is 22.0 Å². The van der Waals surface area contributed by atoms with Gasteiger partial charge in [0.25, 0.3) is 0 Å². The summed E-state index contributed by atoms with van der Waals surface area (Å²) in [4.78, 5) is 24.0. The van der Waals surface area contributed by atoms with E-state index in [4.69, 9.17) is 33.2 Å². The van der Waals surface area contributed by atoms with Crippen molar-refractivity contribution in [3.8, 4) is 11.4 Å². The maximum Gasteiger partial charge on any atom is 0.323 e. The number of carbonyl (C=O) groups excluding carboxylic acids is 1. The van der Waals surface area contributed by atoms with Gasteiger partial charge in [-0.2, -0.15) is 0 Å². The van der Waals surface area contributed by atoms with Crippen molar-refractivity contribution in [2.75, 3.05) is 43.1 Å². The Kier molecular flexibility index (Phi) is 7.84. The fraction of sp³-hybridized carbons (Fsp3) is 0.208. The molecule has 2 amide bonds. The van der Waals surface area contributed by atoms with Gasteiger partial charge in [0.15, 0.2) is 5.82 Å². The molecule has 4 rings (SSSR count). The predicted molar refractivity (Wildman–Crippen MR) is 144 cm³/mol. The van der Waals surface area contributed by atoms with Crippen molar-refractivity contribution in [1.82, 2.24) is 14.9 Å². The zero-order valence-corrected chi connectivity index (χ0v) is 21.1. The van der Waals surface area contributed by atoms with Crippen LogP contribution in [-0.2, 0) is 0 Å². The number of hydrogen-bond acceptors (Lipinski definition) is 6. The summed E-state index contributed by atoms with van der Waals surface area (Å²) in [5.74, 6) is 1.47. The van der Waals surface area contributed by atoms with Gasteiger partial charge in [-0.05, 0) is 81.0 Å². The highest BCUT2D eigenvalue weighted by molar-refractivity contribution is 7.17. The van der Waals surface area contributed by atoms with Crippen LogP contribution < -0.4 is 16.0 Å². The molecule has 0 radical (unpaired) electrons. The number of nitrogens with zero attached hydrogens (tertiary/aromatic N) is 3. The van der Waals surface area contributed by atoms with Crippen LogP contribution in [0.3, 0.4) is 0 Å². The number of hydrogen-bond donors (Lipinski definition) is 3. The molecule has 176 valence electrons. The number of carbonyl (C=O) groups is 1. The van der Waals surface area contributed by atoms with Crippen molar-refractivity contribution in [2.45, 2.75) is 6.42 Å². The van der Waals surface area contributed by atoms with E-state index in [0.29, 0.717) is 27.2 Å². The molecular formula is C24H24Cl2N6OS. The number of amides is 2. The van der Waals surface area contributed by atoms with Crippen molar-refractivity contribution in [2.24, 2.45) is 0 Å². The highest BCUT2D eigenvalue weighted by Crippen LogP contribution is 2.30. The molecule has 0 aliphatic rings. The first kappa shape index (κ1) is 24.2. The molecule has 34 heavy (non-hydrogen) atoms. The number of aromatic nitrogens is 2. The zero-order valence-electron chi connectivity index (χ0n) is 18.7. The van der Waals surface area contributed by atoms with Gasteiger partial charge in [0.2, 0.25) is 0 Å². The molecule has 0 aliphatic heterocycles. The molecular weight excluding hydrogens is 491 g/mol. The first-order valence-corrected chi connectivity index (χ1v) is 12.3. The molecule has 0 saturated carbocycles. The SMILES string of the molecule is CN(C)CCCNc1nc(-c2ccc(NC(=O)Nc3ccc(Cl)cc3Cl)cc2)nc2ccsc12. The lowest BCUT2D eigenvalue weighted by atomic mass is 10.2. The monoisotopic (exact) mass is 514 g/mol. The summed E-state index contributed by atoms with van der Waals surface area (Å²) in [6.07, 6.45) is 1.02. The lowest BCUT2D eigenvalue weighted by Crippen LogP contribution is -2.19. The van der Waals surface area contributed by atoms with Gasteiger partial charge in [0.05, 0.1) is 20.9 Å². The van der Waals surface area contributed by atoms with Crippen molar-refractivity contribution in [1.29, 1.82) is 0 Å². The normalized spacial score (nSPS) is 11.1. The first-order chi connectivity index (χ1) is 16.4. The molecule has 4 aromatic rings. The average molecular weight is 515 g/mol. The third kappa shape index (κ3) is 6.15. The van der Waals surface area contributed by atoms with E-state index in [1.807, 2.05) is 35.7 Å². The molecule has 0 unspecified atom stereocenters. The van der Waals surface area contributed by atoms with Crippen LogP contribution in [0.1, 0.15) is 6.42 Å². The second-order valence-corrected chi connectivity index (χ2v) is 9.65. The van der Waals surface area contributed by atoms with Crippen LogP contribution in [0.5, 0.6) is 0 Å². The van der Waals surface area contributed by atoms with E-state index in [-0.39, 0.29) is 0 Å². The number of halogens is 2. The molecule has 2 aromatic carbocycles. The quantitative estimate of drug-likeness (QED) is 0.228. The molecule has 0 atom stereocenters. The van der Waals surface area contributed by atoms with E-state index in [2.05, 4.69) is 34.9 Å². The van der Waals surface area contributed by atoms with Gasteiger partial charge in [-0.15, -0.1) is 11.3 Å². The second kappa shape index (κ2) is 11.0. The lowest BCUT2D eigenvalue weighted by molar-refractivity contribution is 0.262. The summed E-state index contributed by atoms with van der Waals surface area (Å²) in [6.45, 7) is 1.84. The number of benzene rings is 2. The molecule has 0 fully saturated rings. The number of anilines is 3. The van der Waals surface area contributed by atoms with Crippen LogP contribution in [0, 0.1) is 0 Å². The van der Waals surface area contributed by atoms with Crippen LogP contribution in [0.15, 0.2) is 53.9 Å². The maximum atomic E-state index is 12.4. The van der Waals surface area contributed by atoms with E-state index >= 15 is 0 Å². The Morgan fingerprint density at radius 2 is 1.82 bits per heavy atom. The van der Waals surface area contributed by atoms with E-state index < -0.39 is 6.03 Å². The number of urea groups is 1. The third-order valence-electron chi connectivity index (χ3n) is 4.96. The Hall–Kier alpha value is -2.91. The van der Waals surface area contributed by atoms with E-state index in [0.717, 1.165) is 41.1 Å². The summed E-state index contributed by atoms with van der Waals surface area (Å²) < 4.78 is 1.05. The minimum atomic E-state index is -0.405. The van der Waals surface area contributed by atoms with E-state index in [1.54, 1.807) is 29.5 Å². The summed E-state index contributed by atoms with van der Waals surface area (Å²) in [7, 11) is 4.13. The molecule has 0 saturated heterocycles. The fourth-order valence-corrected chi connectivity index (χ4v) is 4.55. The van der Waals surface area contributed by atoms with Gasteiger partial charge in [-0.3, -0.25) is 0 Å². The molecule has 10 heteroatoms. The van der Waals surface area contributed by atoms with E-state index in [1.165, 1.54) is 0 Å². The summed E-state index contributed by atoms with van der Waals surface area (Å²) >= 11 is 13.6. The lowest BCUT2D eigenvalue weighted by Gasteiger charge is -2.12. The third-order valence-corrected chi connectivity index (χ3v) is 6.42. The largest absolute Gasteiger partial charge is 0.369 e. The van der Waals surface area contributed by atoms with Crippen molar-refractivity contribution in [3.63, 3.8) is 0 Å². The summed E-state index contributed by atoms with van der Waals surface area (Å²) in [5.41, 5.74) is 2.87. The van der Waals surface area contributed by atoms with Gasteiger partial charge in [-0.1, -0.05) is 23.2 Å². The molecule has 0 spiro atoms. The van der Waals surface area contributed by atoms with Gasteiger partial charge >= 0.3 is 6.03 Å². The molecule has 3 N–H and O–H groups in total. The predicted octanol–water partition coefficient (Wildman–Crippen LogP) is 6.67. The van der Waals surface area contributed by atoms with Crippen molar-refractivity contribution in [3.05, 3.63) is 64.0 Å². The highest BCUT2D eigenvalue weighted by atomic mass is 35.5. The number of fused-ring (bicyclic) bond motifs is 1. The Balaban J connectivity index is 1.45. The molecule has 2 aromatic heterocycles. The minimum absolute atomic E-state index is 0.366. The van der Waals surface area contributed by atoms with E-state index in [9.17, 15) is 4.79 Å². The van der Waals surface area contributed by atoms with Crippen LogP contribution in [0.2, 0.25) is 10.0 Å². The van der Waals surface area contributed by atoms with Gasteiger partial charge in [0.1, 0.15) is 5.82 Å². The molecule has 2 heterocycles. The van der Waals surface area contributed by atoms with Gasteiger partial charge < -0.3 is 20.9 Å². The van der Waals surface area contributed by atoms with Crippen LogP contribution in [-0.4, -0.2) is 48.1 Å². The first-order valence-electron chi connectivity index (χ1n) is 10.7. The smallest absolute Gasteiger partial charge is 0.323 e. The summed E-state index contributed by atoms with van der Waals surface area (Å²) in [5, 5.41) is 11.9. The maximum absolute atomic E-state index is 12.4. The fourth-order valence-electron chi connectivity index (χ4n) is 3.29. The van der Waals surface area contributed by atoms with Crippen LogP contribution >= 0.6 is 34.5 Å². The number of thiophene rings is 1. The Morgan fingerprint density at radius 3 is 2.56 bits per heavy atom. The average Bonchev–Trinajstić information content (AvgIpc) is 3.28. The number of rotatable bonds is 8. The second-order valence-electron chi connectivity index (χ2n) is 7.90. The standard InChI is InChI=1S/C24H24Cl2N6OS/c1-32(2)12-3-11-27-23-21-20(10-13-34-21)29-22(31-23)15-4-7-17(8-5-15)28-24(33)30-19-9-6-16(25)14-18(19)26/h4-10,13-14H,3,11-12H2,1-2H3,(H,27,29,31)(H2,28,30,33). The highest BCUT2D eigenvalue weighted by Gasteiger charge is 2.12. The Labute approximate surface area is 212 Å². The number of nitrogens with one attached hydrogen (secondary N) is 3. The van der Waals surface area contributed by atoms with Crippen molar-refractivity contribution < 1.29 is 4.79 Å².